The number of aliphatic hydroxyl groups is 1. The number of nitrogens with one attached hydrogen (secondary N) is 1. The number of pyridine rings is 1. The Morgan fingerprint density at radius 3 is 2.88 bits per heavy atom. The van der Waals surface area contributed by atoms with Crippen LogP contribution in [0.3, 0.4) is 0 Å². The van der Waals surface area contributed by atoms with E-state index >= 15 is 0 Å². The summed E-state index contributed by atoms with van der Waals surface area (Å²) in [5, 5.41) is 12.5. The SMILES string of the molecule is CCN=CC(=C(N)c1cccnc1)c1ccnc(Nc2ccc3c(c2)CN(CCO)C3)n1. The Morgan fingerprint density at radius 1 is 1.22 bits per heavy atom. The maximum absolute atomic E-state index is 9.20. The summed E-state index contributed by atoms with van der Waals surface area (Å²) in [6.07, 6.45) is 6.89. The fourth-order valence-electron chi connectivity index (χ4n) is 3.67. The number of β-amino-alcohol motifs (C(OH)–C–C–N with tert-alkyl or cyclic N) is 1. The van der Waals surface area contributed by atoms with Gasteiger partial charge in [0.05, 0.1) is 18.0 Å². The van der Waals surface area contributed by atoms with Gasteiger partial charge >= 0.3 is 0 Å². The molecule has 0 bridgehead atoms. The number of fused-ring (bicyclic) bond motifs is 1. The van der Waals surface area contributed by atoms with Gasteiger partial charge in [-0.3, -0.25) is 14.9 Å². The molecule has 3 aromatic rings. The van der Waals surface area contributed by atoms with Crippen molar-refractivity contribution in [2.24, 2.45) is 10.7 Å². The number of nitrogens with two attached hydrogens (primary N) is 1. The van der Waals surface area contributed by atoms with Gasteiger partial charge in [-0.25, -0.2) is 9.97 Å². The summed E-state index contributed by atoms with van der Waals surface area (Å²) >= 11 is 0. The first-order chi connectivity index (χ1) is 15.7. The number of allylic oxidation sites excluding steroid dienone is 1. The third kappa shape index (κ3) is 4.99. The number of nitrogens with zero attached hydrogens (tertiary/aromatic N) is 5. The molecule has 2 aromatic heterocycles. The summed E-state index contributed by atoms with van der Waals surface area (Å²) in [6.45, 7) is 5.14. The van der Waals surface area contributed by atoms with Crippen molar-refractivity contribution in [3.8, 4) is 0 Å². The molecule has 1 aromatic carbocycles. The highest BCUT2D eigenvalue weighted by atomic mass is 16.3. The van der Waals surface area contributed by atoms with E-state index < -0.39 is 0 Å². The summed E-state index contributed by atoms with van der Waals surface area (Å²) in [6, 6.07) is 11.8. The summed E-state index contributed by atoms with van der Waals surface area (Å²) in [4.78, 5) is 19.8. The summed E-state index contributed by atoms with van der Waals surface area (Å²) in [5.41, 5.74) is 12.7. The predicted octanol–water partition coefficient (Wildman–Crippen LogP) is 2.84. The number of rotatable bonds is 8. The van der Waals surface area contributed by atoms with Crippen molar-refractivity contribution in [3.05, 3.63) is 77.4 Å². The zero-order valence-electron chi connectivity index (χ0n) is 18.1. The molecule has 1 aliphatic rings. The van der Waals surface area contributed by atoms with Crippen LogP contribution in [0.4, 0.5) is 11.6 Å². The highest BCUT2D eigenvalue weighted by molar-refractivity contribution is 6.18. The van der Waals surface area contributed by atoms with Crippen LogP contribution in [0.25, 0.3) is 11.3 Å². The summed E-state index contributed by atoms with van der Waals surface area (Å²) < 4.78 is 0. The van der Waals surface area contributed by atoms with Gasteiger partial charge in [0.1, 0.15) is 0 Å². The summed E-state index contributed by atoms with van der Waals surface area (Å²) in [5.74, 6) is 0.481. The van der Waals surface area contributed by atoms with Gasteiger partial charge in [-0.05, 0) is 48.4 Å². The Balaban J connectivity index is 1.61. The molecule has 4 N–H and O–H groups in total. The monoisotopic (exact) mass is 429 g/mol. The first-order valence-corrected chi connectivity index (χ1v) is 10.6. The number of aromatic nitrogens is 3. The van der Waals surface area contributed by atoms with Crippen molar-refractivity contribution in [2.75, 3.05) is 25.0 Å². The highest BCUT2D eigenvalue weighted by Crippen LogP contribution is 2.27. The lowest BCUT2D eigenvalue weighted by molar-refractivity contribution is 0.198. The third-order valence-corrected chi connectivity index (χ3v) is 5.26. The van der Waals surface area contributed by atoms with Gasteiger partial charge < -0.3 is 16.2 Å². The van der Waals surface area contributed by atoms with E-state index in [1.807, 2.05) is 31.2 Å². The van der Waals surface area contributed by atoms with Gasteiger partial charge in [-0.2, -0.15) is 0 Å². The van der Waals surface area contributed by atoms with E-state index in [2.05, 4.69) is 37.3 Å². The zero-order valence-corrected chi connectivity index (χ0v) is 18.1. The van der Waals surface area contributed by atoms with Crippen molar-refractivity contribution in [2.45, 2.75) is 20.0 Å². The van der Waals surface area contributed by atoms with Crippen LogP contribution in [-0.2, 0) is 13.1 Å². The molecule has 0 aliphatic carbocycles. The van der Waals surface area contributed by atoms with Crippen molar-refractivity contribution in [3.63, 3.8) is 0 Å². The Morgan fingerprint density at radius 2 is 2.09 bits per heavy atom. The van der Waals surface area contributed by atoms with E-state index in [4.69, 9.17) is 10.7 Å². The van der Waals surface area contributed by atoms with Crippen LogP contribution < -0.4 is 11.1 Å². The van der Waals surface area contributed by atoms with Crippen molar-refractivity contribution < 1.29 is 5.11 Å². The van der Waals surface area contributed by atoms with E-state index in [1.54, 1.807) is 24.8 Å². The molecule has 0 saturated carbocycles. The number of aliphatic hydroxyl groups excluding tert-OH is 1. The standard InChI is InChI=1S/C24H27N7O/c1-2-26-14-21(23(25)17-4-3-8-27-13-17)22-7-9-28-24(30-22)29-20-6-5-18-15-31(10-11-32)16-19(18)12-20/h3-9,12-14,32H,2,10-11,15-16,25H2,1H3,(H,28,29,30). The average Bonchev–Trinajstić information content (AvgIpc) is 3.22. The van der Waals surface area contributed by atoms with Crippen molar-refractivity contribution in [1.29, 1.82) is 0 Å². The molecular weight excluding hydrogens is 402 g/mol. The average molecular weight is 430 g/mol. The van der Waals surface area contributed by atoms with Crippen molar-refractivity contribution in [1.82, 2.24) is 19.9 Å². The van der Waals surface area contributed by atoms with Crippen LogP contribution in [0.15, 0.2) is 60.0 Å². The largest absolute Gasteiger partial charge is 0.398 e. The lowest BCUT2D eigenvalue weighted by Crippen LogP contribution is -2.20. The van der Waals surface area contributed by atoms with Crippen LogP contribution in [0, 0.1) is 0 Å². The van der Waals surface area contributed by atoms with Crippen LogP contribution in [0.2, 0.25) is 0 Å². The number of anilines is 2. The van der Waals surface area contributed by atoms with E-state index in [9.17, 15) is 5.11 Å². The molecule has 0 spiro atoms. The summed E-state index contributed by atoms with van der Waals surface area (Å²) in [7, 11) is 0. The first-order valence-electron chi connectivity index (χ1n) is 10.6. The maximum atomic E-state index is 9.20. The van der Waals surface area contributed by atoms with Gasteiger partial charge in [0.25, 0.3) is 0 Å². The Bertz CT molecular complexity index is 1130. The molecular formula is C24H27N7O. The van der Waals surface area contributed by atoms with Gasteiger partial charge in [0, 0.05) is 67.8 Å². The van der Waals surface area contributed by atoms with Crippen LogP contribution >= 0.6 is 0 Å². The van der Waals surface area contributed by atoms with Crippen LogP contribution in [-0.4, -0.2) is 50.9 Å². The van der Waals surface area contributed by atoms with E-state index in [-0.39, 0.29) is 6.61 Å². The van der Waals surface area contributed by atoms with Crippen LogP contribution in [0.5, 0.6) is 0 Å². The number of benzene rings is 1. The first kappa shape index (κ1) is 21.6. The molecule has 3 heterocycles. The van der Waals surface area contributed by atoms with E-state index in [0.29, 0.717) is 30.4 Å². The molecule has 8 nitrogen and oxygen atoms in total. The lowest BCUT2D eigenvalue weighted by Gasteiger charge is -2.11. The predicted molar refractivity (Wildman–Crippen MR) is 127 cm³/mol. The van der Waals surface area contributed by atoms with Gasteiger partial charge in [0.2, 0.25) is 5.95 Å². The highest BCUT2D eigenvalue weighted by Gasteiger charge is 2.18. The lowest BCUT2D eigenvalue weighted by atomic mass is 10.1. The molecule has 164 valence electrons. The maximum Gasteiger partial charge on any atom is 0.227 e. The van der Waals surface area contributed by atoms with E-state index in [0.717, 1.165) is 29.9 Å². The van der Waals surface area contributed by atoms with Gasteiger partial charge in [-0.15, -0.1) is 0 Å². The second kappa shape index (κ2) is 10.1. The minimum absolute atomic E-state index is 0.166. The number of hydrogen-bond acceptors (Lipinski definition) is 8. The Labute approximate surface area is 187 Å². The molecule has 4 rings (SSSR count). The molecule has 0 atom stereocenters. The fourth-order valence-corrected chi connectivity index (χ4v) is 3.67. The normalized spacial score (nSPS) is 14.4. The Hall–Kier alpha value is -3.62. The third-order valence-electron chi connectivity index (χ3n) is 5.26. The smallest absolute Gasteiger partial charge is 0.227 e. The molecule has 8 heteroatoms. The molecule has 0 saturated heterocycles. The van der Waals surface area contributed by atoms with E-state index in [1.165, 1.54) is 11.1 Å². The van der Waals surface area contributed by atoms with Crippen LogP contribution in [0.1, 0.15) is 29.3 Å². The second-order valence-electron chi connectivity index (χ2n) is 7.51. The number of hydrogen-bond donors (Lipinski definition) is 3. The molecule has 0 unspecified atom stereocenters. The quantitative estimate of drug-likeness (QED) is 0.472. The molecule has 1 aliphatic heterocycles. The van der Waals surface area contributed by atoms with Gasteiger partial charge in [-0.1, -0.05) is 6.07 Å². The Kier molecular flexibility index (Phi) is 6.84. The van der Waals surface area contributed by atoms with Crippen molar-refractivity contribution >= 4 is 29.1 Å². The second-order valence-corrected chi connectivity index (χ2v) is 7.51. The molecule has 32 heavy (non-hydrogen) atoms. The topological polar surface area (TPSA) is 113 Å². The minimum Gasteiger partial charge on any atom is -0.398 e. The fraction of sp³-hybridized carbons (Fsp3) is 0.250. The minimum atomic E-state index is 0.166. The zero-order chi connectivity index (χ0) is 22.3. The molecule has 0 amide bonds. The molecule has 0 radical (unpaired) electrons. The number of aliphatic imine (C=N–C) groups is 1. The molecule has 0 fully saturated rings. The van der Waals surface area contributed by atoms with Gasteiger partial charge in [0.15, 0.2) is 0 Å².